The van der Waals surface area contributed by atoms with Crippen molar-refractivity contribution < 1.29 is 14.3 Å². The van der Waals surface area contributed by atoms with Gasteiger partial charge in [0.2, 0.25) is 5.91 Å². The first-order valence-corrected chi connectivity index (χ1v) is 9.79. The predicted molar refractivity (Wildman–Crippen MR) is 98.9 cm³/mol. The predicted octanol–water partition coefficient (Wildman–Crippen LogP) is 3.44. The third-order valence-electron chi connectivity index (χ3n) is 5.98. The molecule has 4 atom stereocenters. The van der Waals surface area contributed by atoms with Gasteiger partial charge < -0.3 is 4.74 Å². The Morgan fingerprint density at radius 2 is 1.81 bits per heavy atom. The lowest BCUT2D eigenvalue weighted by molar-refractivity contribution is -0.147. The number of carbonyl (C=O) groups is 2. The van der Waals surface area contributed by atoms with E-state index in [4.69, 9.17) is 27.9 Å². The molecule has 4 saturated carbocycles. The van der Waals surface area contributed by atoms with Crippen LogP contribution in [0.5, 0.6) is 5.75 Å². The van der Waals surface area contributed by atoms with Gasteiger partial charge in [-0.25, -0.2) is 0 Å². The Morgan fingerprint density at radius 3 is 2.46 bits per heavy atom. The van der Waals surface area contributed by atoms with Crippen LogP contribution < -0.4 is 15.6 Å². The first kappa shape index (κ1) is 17.9. The minimum Gasteiger partial charge on any atom is -0.482 e. The van der Waals surface area contributed by atoms with Crippen LogP contribution in [0.1, 0.15) is 38.5 Å². The number of hydrogen-bond acceptors (Lipinski definition) is 3. The number of rotatable bonds is 4. The lowest BCUT2D eigenvalue weighted by Crippen LogP contribution is -2.60. The number of halogens is 2. The van der Waals surface area contributed by atoms with Gasteiger partial charge in [0.25, 0.3) is 5.91 Å². The molecule has 7 heteroatoms. The summed E-state index contributed by atoms with van der Waals surface area (Å²) in [4.78, 5) is 24.6. The fraction of sp³-hybridized carbons (Fsp3) is 0.579. The Labute approximate surface area is 162 Å². The van der Waals surface area contributed by atoms with Crippen molar-refractivity contribution in [3.63, 3.8) is 0 Å². The summed E-state index contributed by atoms with van der Waals surface area (Å²) >= 11 is 12.7. The zero-order valence-electron chi connectivity index (χ0n) is 14.4. The number of ether oxygens (including phenoxy) is 1. The van der Waals surface area contributed by atoms with E-state index in [9.17, 15) is 9.59 Å². The molecule has 4 aliphatic carbocycles. The Hall–Kier alpha value is -1.46. The molecular formula is C19H22Cl2N2O3. The number of hydrogen-bond donors (Lipinski definition) is 2. The van der Waals surface area contributed by atoms with Crippen LogP contribution in [0.15, 0.2) is 24.3 Å². The van der Waals surface area contributed by atoms with E-state index < -0.39 is 11.3 Å². The number of alkyl halides is 1. The van der Waals surface area contributed by atoms with Crippen LogP contribution in [-0.2, 0) is 9.59 Å². The van der Waals surface area contributed by atoms with Crippen LogP contribution in [0.2, 0.25) is 5.02 Å². The average Bonchev–Trinajstić information content (AvgIpc) is 2.56. The van der Waals surface area contributed by atoms with Gasteiger partial charge >= 0.3 is 0 Å². The van der Waals surface area contributed by atoms with E-state index in [2.05, 4.69) is 10.9 Å². The monoisotopic (exact) mass is 396 g/mol. The van der Waals surface area contributed by atoms with E-state index in [1.54, 1.807) is 24.3 Å². The van der Waals surface area contributed by atoms with Crippen LogP contribution in [0.3, 0.4) is 0 Å². The maximum absolute atomic E-state index is 12.8. The molecule has 0 aliphatic heterocycles. The lowest BCUT2D eigenvalue weighted by Gasteiger charge is -2.59. The Bertz CT molecular complexity index is 725. The second kappa shape index (κ2) is 6.61. The van der Waals surface area contributed by atoms with E-state index in [-0.39, 0.29) is 17.4 Å². The van der Waals surface area contributed by atoms with E-state index in [1.807, 2.05) is 0 Å². The molecule has 0 spiro atoms. The fourth-order valence-electron chi connectivity index (χ4n) is 5.42. The summed E-state index contributed by atoms with van der Waals surface area (Å²) in [5.74, 6) is 0.935. The SMILES string of the molecule is O=C(COc1ccccc1Cl)NNC(=O)C12C[C@@H]3C[C@@H](CC(Cl)(C3)C1)C2. The lowest BCUT2D eigenvalue weighted by atomic mass is 9.49. The van der Waals surface area contributed by atoms with Crippen LogP contribution in [0, 0.1) is 17.3 Å². The van der Waals surface area contributed by atoms with Gasteiger partial charge in [0.05, 0.1) is 10.4 Å². The molecule has 2 amide bonds. The van der Waals surface area contributed by atoms with Crippen molar-refractivity contribution in [3.8, 4) is 5.75 Å². The minimum atomic E-state index is -0.442. The van der Waals surface area contributed by atoms with Crippen molar-refractivity contribution in [1.82, 2.24) is 10.9 Å². The molecule has 2 N–H and O–H groups in total. The van der Waals surface area contributed by atoms with Crippen molar-refractivity contribution in [2.24, 2.45) is 17.3 Å². The van der Waals surface area contributed by atoms with Crippen molar-refractivity contribution in [1.29, 1.82) is 0 Å². The highest BCUT2D eigenvalue weighted by Crippen LogP contribution is 2.63. The van der Waals surface area contributed by atoms with Crippen molar-refractivity contribution in [2.45, 2.75) is 43.4 Å². The largest absolute Gasteiger partial charge is 0.482 e. The van der Waals surface area contributed by atoms with Crippen molar-refractivity contribution in [2.75, 3.05) is 6.61 Å². The molecular weight excluding hydrogens is 375 g/mol. The molecule has 1 aromatic carbocycles. The van der Waals surface area contributed by atoms with E-state index in [0.717, 1.165) is 25.7 Å². The highest BCUT2D eigenvalue weighted by Gasteiger charge is 2.60. The summed E-state index contributed by atoms with van der Waals surface area (Å²) in [5.41, 5.74) is 4.62. The highest BCUT2D eigenvalue weighted by atomic mass is 35.5. The van der Waals surface area contributed by atoms with Crippen LogP contribution in [-0.4, -0.2) is 23.3 Å². The molecule has 1 aromatic rings. The Kier molecular flexibility index (Phi) is 4.56. The summed E-state index contributed by atoms with van der Waals surface area (Å²) in [6.07, 6.45) is 5.65. The van der Waals surface area contributed by atoms with Gasteiger partial charge in [-0.3, -0.25) is 20.4 Å². The summed E-state index contributed by atoms with van der Waals surface area (Å²) in [7, 11) is 0. The Morgan fingerprint density at radius 1 is 1.12 bits per heavy atom. The first-order valence-electron chi connectivity index (χ1n) is 9.03. The summed E-state index contributed by atoms with van der Waals surface area (Å²) in [5, 5.41) is 0.435. The van der Waals surface area contributed by atoms with Gasteiger partial charge in [0.1, 0.15) is 5.75 Å². The zero-order chi connectivity index (χ0) is 18.4. The van der Waals surface area contributed by atoms with Crippen molar-refractivity contribution in [3.05, 3.63) is 29.3 Å². The van der Waals surface area contributed by atoms with Gasteiger partial charge in [-0.05, 0) is 62.5 Å². The fourth-order valence-corrected chi connectivity index (χ4v) is 6.30. The quantitative estimate of drug-likeness (QED) is 0.604. The standard InChI is InChI=1S/C19H22Cl2N2O3/c20-14-3-1-2-4-15(14)26-10-16(24)22-23-17(25)18-6-12-5-13(7-18)9-19(21,8-12)11-18/h1-4,12-13H,5-11H2,(H,22,24)(H,23,25)/t12-,13+,18?,19?. The highest BCUT2D eigenvalue weighted by molar-refractivity contribution is 6.32. The van der Waals surface area contributed by atoms with Crippen LogP contribution >= 0.6 is 23.2 Å². The topological polar surface area (TPSA) is 67.4 Å². The molecule has 0 heterocycles. The number of hydrazine groups is 1. The molecule has 4 bridgehead atoms. The number of para-hydroxylation sites is 1. The normalized spacial score (nSPS) is 34.4. The number of carbonyl (C=O) groups excluding carboxylic acids is 2. The van der Waals surface area contributed by atoms with Crippen LogP contribution in [0.25, 0.3) is 0 Å². The minimum absolute atomic E-state index is 0.122. The zero-order valence-corrected chi connectivity index (χ0v) is 15.9. The van der Waals surface area contributed by atoms with Gasteiger partial charge in [0, 0.05) is 4.87 Å². The molecule has 2 unspecified atom stereocenters. The van der Waals surface area contributed by atoms with Crippen LogP contribution in [0.4, 0.5) is 0 Å². The maximum atomic E-state index is 12.8. The maximum Gasteiger partial charge on any atom is 0.276 e. The smallest absolute Gasteiger partial charge is 0.276 e. The molecule has 5 rings (SSSR count). The summed E-state index contributed by atoms with van der Waals surface area (Å²) < 4.78 is 5.38. The molecule has 26 heavy (non-hydrogen) atoms. The second-order valence-electron chi connectivity index (χ2n) is 8.11. The van der Waals surface area contributed by atoms with Gasteiger partial charge in [-0.1, -0.05) is 23.7 Å². The van der Waals surface area contributed by atoms with Gasteiger partial charge in [-0.15, -0.1) is 11.6 Å². The molecule has 4 fully saturated rings. The van der Waals surface area contributed by atoms with Crippen molar-refractivity contribution >= 4 is 35.0 Å². The summed E-state index contributed by atoms with van der Waals surface area (Å²) in [6.45, 7) is -0.221. The van der Waals surface area contributed by atoms with E-state index in [1.165, 1.54) is 6.42 Å². The third kappa shape index (κ3) is 3.39. The molecule has 0 aromatic heterocycles. The van der Waals surface area contributed by atoms with E-state index >= 15 is 0 Å². The molecule has 0 radical (unpaired) electrons. The first-order chi connectivity index (χ1) is 12.4. The summed E-state index contributed by atoms with van der Waals surface area (Å²) in [6, 6.07) is 6.93. The van der Waals surface area contributed by atoms with Gasteiger partial charge in [-0.2, -0.15) is 0 Å². The third-order valence-corrected chi connectivity index (χ3v) is 6.74. The Balaban J connectivity index is 1.31. The van der Waals surface area contributed by atoms with Gasteiger partial charge in [0.15, 0.2) is 6.61 Å². The molecule has 5 nitrogen and oxygen atoms in total. The molecule has 4 aliphatic rings. The number of amides is 2. The van der Waals surface area contributed by atoms with E-state index in [0.29, 0.717) is 29.0 Å². The average molecular weight is 397 g/mol. The second-order valence-corrected chi connectivity index (χ2v) is 9.32. The molecule has 140 valence electrons. The number of benzene rings is 1. The number of nitrogens with one attached hydrogen (secondary N) is 2. The molecule has 0 saturated heterocycles.